The highest BCUT2D eigenvalue weighted by Gasteiger charge is 2.40. The maximum absolute atomic E-state index is 11.5. The molecule has 0 aliphatic heterocycles. The third-order valence-electron chi connectivity index (χ3n) is 4.89. The largest absolute Gasteiger partial charge is 0.481 e. The molecule has 1 heterocycles. The predicted octanol–water partition coefficient (Wildman–Crippen LogP) is 4.24. The number of nitrogens with zero attached hydrogens (tertiary/aromatic N) is 2. The Labute approximate surface area is 134 Å². The average molecular weight is 329 g/mol. The van der Waals surface area contributed by atoms with Gasteiger partial charge in [0.15, 0.2) is 4.34 Å². The molecule has 1 aliphatic carbocycles. The second-order valence-corrected chi connectivity index (χ2v) is 9.21. The van der Waals surface area contributed by atoms with Crippen molar-refractivity contribution in [1.82, 2.24) is 10.2 Å². The standard InChI is InChI=1S/C15H24N2O2S2/c1-5-15(3,4)10-6-7-11(13(18)19)12(8-10)21-14-17-16-9(2)20-14/h10-12H,5-8H2,1-4H3,(H,18,19). The Morgan fingerprint density at radius 2 is 2.14 bits per heavy atom. The van der Waals surface area contributed by atoms with Crippen molar-refractivity contribution in [3.8, 4) is 0 Å². The molecule has 4 nitrogen and oxygen atoms in total. The van der Waals surface area contributed by atoms with E-state index in [1.807, 2.05) is 6.92 Å². The average Bonchev–Trinajstić information content (AvgIpc) is 2.83. The number of aliphatic carboxylic acids is 1. The lowest BCUT2D eigenvalue weighted by Gasteiger charge is -2.41. The van der Waals surface area contributed by atoms with Crippen molar-refractivity contribution in [1.29, 1.82) is 0 Å². The fourth-order valence-electron chi connectivity index (χ4n) is 3.00. The second kappa shape index (κ2) is 6.65. The number of aromatic nitrogens is 2. The number of carbonyl (C=O) groups is 1. The summed E-state index contributed by atoms with van der Waals surface area (Å²) in [6.07, 6.45) is 3.88. The van der Waals surface area contributed by atoms with Gasteiger partial charge in [-0.2, -0.15) is 0 Å². The zero-order chi connectivity index (χ0) is 15.6. The molecular weight excluding hydrogens is 304 g/mol. The topological polar surface area (TPSA) is 63.1 Å². The lowest BCUT2D eigenvalue weighted by Crippen LogP contribution is -2.37. The van der Waals surface area contributed by atoms with Crippen LogP contribution in [0.5, 0.6) is 0 Å². The van der Waals surface area contributed by atoms with Gasteiger partial charge in [-0.3, -0.25) is 4.79 Å². The Morgan fingerprint density at radius 3 is 2.67 bits per heavy atom. The van der Waals surface area contributed by atoms with Crippen LogP contribution in [0.25, 0.3) is 0 Å². The SMILES string of the molecule is CCC(C)(C)C1CCC(C(=O)O)C(Sc2nnc(C)s2)C1. The van der Waals surface area contributed by atoms with Gasteiger partial charge in [0.2, 0.25) is 0 Å². The Balaban J connectivity index is 2.13. The minimum atomic E-state index is -0.665. The molecule has 21 heavy (non-hydrogen) atoms. The molecule has 2 rings (SSSR count). The van der Waals surface area contributed by atoms with Gasteiger partial charge in [-0.15, -0.1) is 10.2 Å². The summed E-state index contributed by atoms with van der Waals surface area (Å²) in [5.41, 5.74) is 0.277. The quantitative estimate of drug-likeness (QED) is 0.875. The zero-order valence-corrected chi connectivity index (χ0v) is 14.8. The highest BCUT2D eigenvalue weighted by atomic mass is 32.2. The molecule has 0 spiro atoms. The van der Waals surface area contributed by atoms with Crippen LogP contribution in [-0.2, 0) is 4.79 Å². The van der Waals surface area contributed by atoms with E-state index in [4.69, 9.17) is 0 Å². The van der Waals surface area contributed by atoms with Crippen LogP contribution < -0.4 is 0 Å². The van der Waals surface area contributed by atoms with Crippen molar-refractivity contribution in [3.05, 3.63) is 5.01 Å². The smallest absolute Gasteiger partial charge is 0.307 e. The molecule has 0 radical (unpaired) electrons. The molecule has 0 aromatic carbocycles. The van der Waals surface area contributed by atoms with E-state index in [0.29, 0.717) is 5.92 Å². The Hall–Kier alpha value is -0.620. The van der Waals surface area contributed by atoms with E-state index in [2.05, 4.69) is 31.0 Å². The molecular formula is C15H24N2O2S2. The van der Waals surface area contributed by atoms with Gasteiger partial charge in [-0.25, -0.2) is 0 Å². The first kappa shape index (κ1) is 16.7. The van der Waals surface area contributed by atoms with Gasteiger partial charge in [0.25, 0.3) is 0 Å². The molecule has 1 N–H and O–H groups in total. The van der Waals surface area contributed by atoms with Crippen LogP contribution in [0.15, 0.2) is 4.34 Å². The van der Waals surface area contributed by atoms with Crippen LogP contribution in [0.1, 0.15) is 51.5 Å². The maximum Gasteiger partial charge on any atom is 0.307 e. The van der Waals surface area contributed by atoms with Gasteiger partial charge in [0, 0.05) is 5.25 Å². The highest BCUT2D eigenvalue weighted by Crippen LogP contribution is 2.47. The van der Waals surface area contributed by atoms with Gasteiger partial charge in [0.1, 0.15) is 5.01 Å². The van der Waals surface area contributed by atoms with Crippen LogP contribution in [0.3, 0.4) is 0 Å². The normalized spacial score (nSPS) is 26.8. The van der Waals surface area contributed by atoms with Crippen LogP contribution in [0.2, 0.25) is 0 Å². The van der Waals surface area contributed by atoms with Crippen LogP contribution in [-0.4, -0.2) is 26.5 Å². The zero-order valence-electron chi connectivity index (χ0n) is 13.1. The summed E-state index contributed by atoms with van der Waals surface area (Å²) in [6.45, 7) is 8.75. The number of carboxylic acids is 1. The molecule has 3 unspecified atom stereocenters. The van der Waals surface area contributed by atoms with E-state index in [1.165, 1.54) is 0 Å². The van der Waals surface area contributed by atoms with Crippen molar-refractivity contribution < 1.29 is 9.90 Å². The van der Waals surface area contributed by atoms with Gasteiger partial charge in [0.05, 0.1) is 5.92 Å². The van der Waals surface area contributed by atoms with Gasteiger partial charge in [-0.05, 0) is 37.5 Å². The Kier molecular flexibility index (Phi) is 5.30. The number of aryl methyl sites for hydroxylation is 1. The van der Waals surface area contributed by atoms with E-state index in [0.717, 1.165) is 35.0 Å². The lowest BCUT2D eigenvalue weighted by molar-refractivity contribution is -0.143. The fraction of sp³-hybridized carbons (Fsp3) is 0.800. The number of rotatable bonds is 5. The fourth-order valence-corrected chi connectivity index (χ4v) is 5.43. The molecule has 3 atom stereocenters. The molecule has 1 aliphatic rings. The van der Waals surface area contributed by atoms with E-state index < -0.39 is 5.97 Å². The van der Waals surface area contributed by atoms with Crippen molar-refractivity contribution >= 4 is 29.1 Å². The van der Waals surface area contributed by atoms with Gasteiger partial charge >= 0.3 is 5.97 Å². The van der Waals surface area contributed by atoms with Gasteiger partial charge in [-0.1, -0.05) is 50.3 Å². The number of thioether (sulfide) groups is 1. The molecule has 0 bridgehead atoms. The summed E-state index contributed by atoms with van der Waals surface area (Å²) in [5, 5.41) is 18.7. The third-order valence-corrected chi connectivity index (χ3v) is 7.16. The first-order valence-corrected chi connectivity index (χ1v) is 9.22. The summed E-state index contributed by atoms with van der Waals surface area (Å²) in [4.78, 5) is 11.5. The molecule has 1 aromatic rings. The number of carboxylic acid groups (broad SMARTS) is 1. The molecule has 118 valence electrons. The summed E-state index contributed by atoms with van der Waals surface area (Å²) in [5.74, 6) is -0.339. The number of hydrogen-bond donors (Lipinski definition) is 1. The summed E-state index contributed by atoms with van der Waals surface area (Å²) in [6, 6.07) is 0. The van der Waals surface area contributed by atoms with Crippen LogP contribution in [0.4, 0.5) is 0 Å². The molecule has 1 fully saturated rings. The Bertz CT molecular complexity index is 502. The van der Waals surface area contributed by atoms with Crippen molar-refractivity contribution in [2.24, 2.45) is 17.3 Å². The van der Waals surface area contributed by atoms with Crippen LogP contribution in [0, 0.1) is 24.2 Å². The number of hydrogen-bond acceptors (Lipinski definition) is 5. The van der Waals surface area contributed by atoms with Crippen molar-refractivity contribution in [2.45, 2.75) is 63.0 Å². The van der Waals surface area contributed by atoms with Crippen molar-refractivity contribution in [3.63, 3.8) is 0 Å². The molecule has 1 saturated carbocycles. The molecule has 6 heteroatoms. The van der Waals surface area contributed by atoms with Crippen molar-refractivity contribution in [2.75, 3.05) is 0 Å². The van der Waals surface area contributed by atoms with E-state index >= 15 is 0 Å². The van der Waals surface area contributed by atoms with Gasteiger partial charge < -0.3 is 5.11 Å². The summed E-state index contributed by atoms with van der Waals surface area (Å²) >= 11 is 3.17. The second-order valence-electron chi connectivity index (χ2n) is 6.54. The summed E-state index contributed by atoms with van der Waals surface area (Å²) < 4.78 is 0.902. The highest BCUT2D eigenvalue weighted by molar-refractivity contribution is 8.01. The first-order valence-electron chi connectivity index (χ1n) is 7.53. The minimum Gasteiger partial charge on any atom is -0.481 e. The predicted molar refractivity (Wildman–Crippen MR) is 86.8 cm³/mol. The lowest BCUT2D eigenvalue weighted by atomic mass is 9.67. The first-order chi connectivity index (χ1) is 9.83. The van der Waals surface area contributed by atoms with E-state index in [-0.39, 0.29) is 16.6 Å². The third kappa shape index (κ3) is 3.97. The molecule has 1 aromatic heterocycles. The van der Waals surface area contributed by atoms with E-state index in [1.54, 1.807) is 23.1 Å². The van der Waals surface area contributed by atoms with E-state index in [9.17, 15) is 9.90 Å². The maximum atomic E-state index is 11.5. The monoisotopic (exact) mass is 328 g/mol. The Morgan fingerprint density at radius 1 is 1.43 bits per heavy atom. The summed E-state index contributed by atoms with van der Waals surface area (Å²) in [7, 11) is 0. The minimum absolute atomic E-state index is 0.111. The van der Waals surface area contributed by atoms with Crippen LogP contribution >= 0.6 is 23.1 Å². The molecule has 0 saturated heterocycles. The molecule has 0 amide bonds.